The van der Waals surface area contributed by atoms with Crippen LogP contribution in [0.2, 0.25) is 24.2 Å². The molecule has 0 aliphatic rings. The molecule has 0 fully saturated rings. The third kappa shape index (κ3) is 19.7. The lowest BCUT2D eigenvalue weighted by molar-refractivity contribution is 0.0983. The van der Waals surface area contributed by atoms with Gasteiger partial charge in [0.05, 0.1) is 9.74 Å². The molecule has 0 rings (SSSR count). The Balaban J connectivity index is 7.31. The first-order chi connectivity index (χ1) is 27.3. The molecule has 0 aliphatic heterocycles. The van der Waals surface area contributed by atoms with Gasteiger partial charge in [-0.15, -0.1) is 11.8 Å². The molecule has 0 spiro atoms. The van der Waals surface area contributed by atoms with Gasteiger partial charge in [-0.05, 0) is 104 Å². The maximum atomic E-state index is 5.86. The van der Waals surface area contributed by atoms with E-state index in [0.29, 0.717) is 0 Å². The van der Waals surface area contributed by atoms with E-state index >= 15 is 0 Å². The molecule has 342 valence electrons. The van der Waals surface area contributed by atoms with Gasteiger partial charge in [-0.1, -0.05) is 40.5 Å². The summed E-state index contributed by atoms with van der Waals surface area (Å²) in [6, 6.07) is 3.46. The van der Waals surface area contributed by atoms with E-state index in [4.69, 9.17) is 44.3 Å². The van der Waals surface area contributed by atoms with Crippen LogP contribution in [0.4, 0.5) is 0 Å². The van der Waals surface area contributed by atoms with E-state index in [9.17, 15) is 0 Å². The summed E-state index contributed by atoms with van der Waals surface area (Å²) in [5.41, 5.74) is 0. The molecule has 2 radical (unpaired) electrons. The van der Waals surface area contributed by atoms with Crippen molar-refractivity contribution in [3.8, 4) is 0 Å². The average molecular weight is 906 g/mol. The van der Waals surface area contributed by atoms with Crippen molar-refractivity contribution in [2.75, 3.05) is 138 Å². The van der Waals surface area contributed by atoms with Crippen molar-refractivity contribution in [2.24, 2.45) is 0 Å². The first-order valence-electron chi connectivity index (χ1n) is 21.1. The summed E-state index contributed by atoms with van der Waals surface area (Å²) >= 11 is 2.22. The molecular weight excluding hydrogens is 817 g/mol. The van der Waals surface area contributed by atoms with E-state index in [1.165, 1.54) is 0 Å². The molecule has 0 aromatic rings. The van der Waals surface area contributed by atoms with Gasteiger partial charge in [0, 0.05) is 96.3 Å². The number of unbranched alkanes of at least 4 members (excludes halogenated alkanes) is 2. The molecule has 0 saturated carbocycles. The van der Waals surface area contributed by atoms with Gasteiger partial charge < -0.3 is 54.1 Å². The smallest absolute Gasteiger partial charge is 0.397 e. The molecule has 19 heteroatoms. The zero-order valence-electron chi connectivity index (χ0n) is 39.4. The maximum Gasteiger partial charge on any atom is 0.500 e. The number of hydrogen-bond acceptors (Lipinski definition) is 15. The van der Waals surface area contributed by atoms with E-state index < -0.39 is 36.2 Å². The van der Waals surface area contributed by atoms with Crippen molar-refractivity contribution in [1.82, 2.24) is 19.6 Å². The average Bonchev–Trinajstić information content (AvgIpc) is 3.22. The summed E-state index contributed by atoms with van der Waals surface area (Å²) in [5.74, 6) is 0. The van der Waals surface area contributed by atoms with Crippen molar-refractivity contribution < 1.29 is 44.3 Å². The van der Waals surface area contributed by atoms with Crippen molar-refractivity contribution in [1.29, 1.82) is 0 Å². The topological polar surface area (TPSA) is 105 Å². The molecule has 0 bridgehead atoms. The molecule has 0 heterocycles. The molecule has 57 heavy (non-hydrogen) atoms. The Morgan fingerprint density at radius 1 is 0.456 bits per heavy atom. The second-order valence-electron chi connectivity index (χ2n) is 14.6. The fourth-order valence-corrected chi connectivity index (χ4v) is 16.3. The van der Waals surface area contributed by atoms with E-state index in [1.54, 1.807) is 71.1 Å². The molecule has 2 unspecified atom stereocenters. The molecular formula is C38H88N4O10SSi4. The van der Waals surface area contributed by atoms with Gasteiger partial charge in [-0.25, -0.2) is 0 Å². The lowest BCUT2D eigenvalue weighted by atomic mass is 10.1. The molecule has 2 atom stereocenters. The van der Waals surface area contributed by atoms with Gasteiger partial charge in [-0.2, -0.15) is 0 Å². The molecule has 0 amide bonds. The molecule has 0 aromatic heterocycles. The van der Waals surface area contributed by atoms with E-state index in [0.717, 1.165) is 128 Å². The van der Waals surface area contributed by atoms with E-state index in [-0.39, 0.29) is 9.74 Å². The zero-order chi connectivity index (χ0) is 43.4. The van der Waals surface area contributed by atoms with Crippen LogP contribution >= 0.6 is 11.8 Å². The zero-order valence-corrected chi connectivity index (χ0v) is 44.2. The Morgan fingerprint density at radius 2 is 0.754 bits per heavy atom. The Hall–Kier alpha value is 0.658. The van der Waals surface area contributed by atoms with Crippen molar-refractivity contribution in [3.05, 3.63) is 0 Å². The molecule has 14 nitrogen and oxygen atoms in total. The van der Waals surface area contributed by atoms with Crippen molar-refractivity contribution in [2.45, 2.75) is 113 Å². The number of rotatable bonds is 40. The number of likely N-dealkylation sites (N-methyl/N-ethyl adjacent to an activating group) is 4. The quantitative estimate of drug-likeness (QED) is 0.0402. The van der Waals surface area contributed by atoms with Crippen LogP contribution < -0.4 is 0 Å². The van der Waals surface area contributed by atoms with Crippen LogP contribution in [-0.4, -0.2) is 203 Å². The van der Waals surface area contributed by atoms with Gasteiger partial charge in [0.1, 0.15) is 0 Å². The number of hydrogen-bond donors (Lipinski definition) is 0. The Bertz CT molecular complexity index is 871. The highest BCUT2D eigenvalue weighted by molar-refractivity contribution is 8.02. The monoisotopic (exact) mass is 905 g/mol. The van der Waals surface area contributed by atoms with Crippen LogP contribution in [0.15, 0.2) is 0 Å². The van der Waals surface area contributed by atoms with Gasteiger partial charge in [-0.3, -0.25) is 9.80 Å². The van der Waals surface area contributed by atoms with Crippen LogP contribution in [0.3, 0.4) is 0 Å². The summed E-state index contributed by atoms with van der Waals surface area (Å²) in [6.45, 7) is 16.9. The van der Waals surface area contributed by atoms with E-state index in [2.05, 4.69) is 73.2 Å². The first-order valence-corrected chi connectivity index (χ1v) is 28.8. The summed E-state index contributed by atoms with van der Waals surface area (Å²) in [7, 11) is 14.0. The Labute approximate surface area is 360 Å². The highest BCUT2D eigenvalue weighted by atomic mass is 32.2. The number of thioether (sulfide) groups is 1. The predicted octanol–water partition coefficient (Wildman–Crippen LogP) is 6.10. The second kappa shape index (κ2) is 32.3. The normalized spacial score (nSPS) is 15.3. The van der Waals surface area contributed by atoms with Crippen LogP contribution in [-0.2, 0) is 44.3 Å². The molecule has 0 aliphatic carbocycles. The van der Waals surface area contributed by atoms with Gasteiger partial charge in [0.25, 0.3) is 0 Å². The van der Waals surface area contributed by atoms with Crippen LogP contribution in [0.25, 0.3) is 0 Å². The van der Waals surface area contributed by atoms with Crippen molar-refractivity contribution >= 4 is 47.9 Å². The largest absolute Gasteiger partial charge is 0.500 e. The minimum atomic E-state index is -2.71. The highest BCUT2D eigenvalue weighted by Crippen LogP contribution is 2.48. The summed E-state index contributed by atoms with van der Waals surface area (Å²) in [5, 5.41) is 0. The lowest BCUT2D eigenvalue weighted by Gasteiger charge is -2.54. The summed E-state index contributed by atoms with van der Waals surface area (Å²) < 4.78 is 57.7. The Morgan fingerprint density at radius 3 is 1.00 bits per heavy atom. The van der Waals surface area contributed by atoms with Crippen molar-refractivity contribution in [3.63, 3.8) is 0 Å². The molecule has 0 saturated heterocycles. The SMILES string of the molecule is CCN(CC)C(CCCC[Si](OC)(OC)OC)(CN(C)CCC[Si](OC)OC)SC(CCCC[Si](OC)(OC)OC)(CN(C)CCC[Si](OC)OC)N(CC)CC. The van der Waals surface area contributed by atoms with E-state index in [1.807, 2.05) is 0 Å². The summed E-state index contributed by atoms with van der Waals surface area (Å²) in [4.78, 5) is 10.2. The second-order valence-corrected chi connectivity index (χ2v) is 26.6. The van der Waals surface area contributed by atoms with Gasteiger partial charge in [0.2, 0.25) is 0 Å². The fourth-order valence-electron chi connectivity index (χ4n) is 8.08. The van der Waals surface area contributed by atoms with Crippen LogP contribution in [0, 0.1) is 0 Å². The molecule has 0 aromatic carbocycles. The lowest BCUT2D eigenvalue weighted by Crippen LogP contribution is -2.61. The van der Waals surface area contributed by atoms with Crippen LogP contribution in [0.1, 0.15) is 79.1 Å². The number of nitrogens with zero attached hydrogens (tertiary/aromatic N) is 4. The maximum absolute atomic E-state index is 5.86. The minimum absolute atomic E-state index is 0.193. The van der Waals surface area contributed by atoms with Gasteiger partial charge in [0.15, 0.2) is 0 Å². The molecule has 0 N–H and O–H groups in total. The minimum Gasteiger partial charge on any atom is -0.397 e. The predicted molar refractivity (Wildman–Crippen MR) is 243 cm³/mol. The third-order valence-corrected chi connectivity index (χ3v) is 22.3. The first kappa shape index (κ1) is 57.7. The standard InChI is InChI=1S/C38H88N4O10SSi4/c1-17-41(18-2)37(27-21-23-33-56(47-11,48-12)49-13,35-39(5)29-25-31-54(43-7)44-8)53-38(42(19-3)20-4,28-22-24-34-57(50-14,51-15)52-16)36-40(6)30-26-32-55(45-9)46-10/h17-36H2,1-16H3. The van der Waals surface area contributed by atoms with Gasteiger partial charge >= 0.3 is 36.2 Å². The fraction of sp³-hybridized carbons (Fsp3) is 1.00. The summed E-state index contributed by atoms with van der Waals surface area (Å²) in [6.07, 6.45) is 8.05. The van der Waals surface area contributed by atoms with Crippen LogP contribution in [0.5, 0.6) is 0 Å². The third-order valence-electron chi connectivity index (χ3n) is 11.3. The Kier molecular flexibility index (Phi) is 32.7. The highest BCUT2D eigenvalue weighted by Gasteiger charge is 2.48.